The fourth-order valence-corrected chi connectivity index (χ4v) is 1.73. The Kier molecular flexibility index (Phi) is 10.2. The summed E-state index contributed by atoms with van der Waals surface area (Å²) in [4.78, 5) is 5.21. The Bertz CT molecular complexity index is 423. The van der Waals surface area contributed by atoms with E-state index < -0.39 is 12.7 Å². The summed E-state index contributed by atoms with van der Waals surface area (Å²) >= 11 is 0. The van der Waals surface area contributed by atoms with E-state index >= 15 is 0 Å². The second-order valence-corrected chi connectivity index (χ2v) is 4.61. The molecule has 0 radical (unpaired) electrons. The topological polar surface area (TPSA) is 52.8 Å². The predicted octanol–water partition coefficient (Wildman–Crippen LogP) is 2.10. The fraction of sp³-hybridized carbons (Fsp3) is 0.615. The van der Waals surface area contributed by atoms with Crippen LogP contribution in [0.15, 0.2) is 27.8 Å². The normalized spacial score (nSPS) is 12.2. The van der Waals surface area contributed by atoms with Gasteiger partial charge >= 0.3 is 6.18 Å². The van der Waals surface area contributed by atoms with Gasteiger partial charge in [-0.15, -0.1) is 24.0 Å². The Morgan fingerprint density at radius 3 is 2.55 bits per heavy atom. The first-order chi connectivity index (χ1) is 9.90. The largest absolute Gasteiger partial charge is 0.469 e. The summed E-state index contributed by atoms with van der Waals surface area (Å²) in [5.74, 6) is 1.42. The molecule has 0 amide bonds. The maximum Gasteiger partial charge on any atom is 0.401 e. The van der Waals surface area contributed by atoms with Crippen molar-refractivity contribution in [1.82, 2.24) is 15.5 Å². The minimum Gasteiger partial charge on any atom is -0.469 e. The van der Waals surface area contributed by atoms with Gasteiger partial charge in [-0.2, -0.15) is 13.2 Å². The summed E-state index contributed by atoms with van der Waals surface area (Å²) in [5, 5.41) is 6.03. The molecule has 0 bridgehead atoms. The van der Waals surface area contributed by atoms with Crippen LogP contribution in [-0.2, 0) is 6.42 Å². The number of rotatable bonds is 7. The van der Waals surface area contributed by atoms with Gasteiger partial charge in [-0.05, 0) is 19.2 Å². The first-order valence-electron chi connectivity index (χ1n) is 6.63. The van der Waals surface area contributed by atoms with Crippen LogP contribution in [0.25, 0.3) is 0 Å². The van der Waals surface area contributed by atoms with Crippen LogP contribution in [0.4, 0.5) is 13.2 Å². The molecule has 22 heavy (non-hydrogen) atoms. The SMILES string of the molecule is CN=C(NCCc1ccco1)NCCN(C)CC(F)(F)F.I. The van der Waals surface area contributed by atoms with Crippen LogP contribution in [0.2, 0.25) is 0 Å². The number of nitrogens with zero attached hydrogens (tertiary/aromatic N) is 2. The van der Waals surface area contributed by atoms with Gasteiger partial charge in [0.25, 0.3) is 0 Å². The number of alkyl halides is 3. The minimum atomic E-state index is -4.17. The van der Waals surface area contributed by atoms with Crippen LogP contribution in [0.5, 0.6) is 0 Å². The van der Waals surface area contributed by atoms with Gasteiger partial charge in [-0.25, -0.2) is 0 Å². The first-order valence-corrected chi connectivity index (χ1v) is 6.63. The van der Waals surface area contributed by atoms with Gasteiger partial charge < -0.3 is 15.1 Å². The zero-order chi connectivity index (χ0) is 15.7. The highest BCUT2D eigenvalue weighted by Gasteiger charge is 2.28. The molecular weight excluding hydrogens is 412 g/mol. The van der Waals surface area contributed by atoms with E-state index in [2.05, 4.69) is 15.6 Å². The number of hydrogen-bond donors (Lipinski definition) is 2. The van der Waals surface area contributed by atoms with Crippen molar-refractivity contribution in [1.29, 1.82) is 0 Å². The lowest BCUT2D eigenvalue weighted by molar-refractivity contribution is -0.142. The molecule has 0 saturated carbocycles. The minimum absolute atomic E-state index is 0. The summed E-state index contributed by atoms with van der Waals surface area (Å²) in [6, 6.07) is 3.70. The maximum absolute atomic E-state index is 12.2. The molecule has 1 rings (SSSR count). The Balaban J connectivity index is 0.00000441. The third-order valence-electron chi connectivity index (χ3n) is 2.70. The fourth-order valence-electron chi connectivity index (χ4n) is 1.73. The molecule has 0 aliphatic carbocycles. The van der Waals surface area contributed by atoms with Crippen LogP contribution in [0.3, 0.4) is 0 Å². The zero-order valence-corrected chi connectivity index (χ0v) is 14.9. The highest BCUT2D eigenvalue weighted by molar-refractivity contribution is 14.0. The highest BCUT2D eigenvalue weighted by Crippen LogP contribution is 2.14. The molecular formula is C13H22F3IN4O. The lowest BCUT2D eigenvalue weighted by Crippen LogP contribution is -2.42. The number of furan rings is 1. The van der Waals surface area contributed by atoms with Crippen molar-refractivity contribution in [3.8, 4) is 0 Å². The van der Waals surface area contributed by atoms with Gasteiger partial charge in [0, 0.05) is 33.1 Å². The van der Waals surface area contributed by atoms with Gasteiger partial charge in [0.2, 0.25) is 0 Å². The van der Waals surface area contributed by atoms with Crippen molar-refractivity contribution in [3.63, 3.8) is 0 Å². The molecule has 0 aliphatic heterocycles. The smallest absolute Gasteiger partial charge is 0.401 e. The van der Waals surface area contributed by atoms with Crippen LogP contribution in [0, 0.1) is 0 Å². The molecule has 1 aromatic rings. The first kappa shape index (κ1) is 21.0. The van der Waals surface area contributed by atoms with Crippen LogP contribution >= 0.6 is 24.0 Å². The van der Waals surface area contributed by atoms with E-state index in [1.54, 1.807) is 13.3 Å². The molecule has 9 heteroatoms. The quantitative estimate of drug-likeness (QED) is 0.392. The van der Waals surface area contributed by atoms with E-state index in [-0.39, 0.29) is 30.5 Å². The molecule has 0 spiro atoms. The summed E-state index contributed by atoms with van der Waals surface area (Å²) in [7, 11) is 3.05. The molecule has 2 N–H and O–H groups in total. The lowest BCUT2D eigenvalue weighted by atomic mass is 10.3. The molecule has 5 nitrogen and oxygen atoms in total. The number of guanidine groups is 1. The van der Waals surface area contributed by atoms with Crippen molar-refractivity contribution < 1.29 is 17.6 Å². The number of hydrogen-bond acceptors (Lipinski definition) is 3. The average Bonchev–Trinajstić information content (AvgIpc) is 2.88. The Morgan fingerprint density at radius 1 is 1.32 bits per heavy atom. The molecule has 0 aromatic carbocycles. The highest BCUT2D eigenvalue weighted by atomic mass is 127. The van der Waals surface area contributed by atoms with E-state index in [0.29, 0.717) is 25.5 Å². The third-order valence-corrected chi connectivity index (χ3v) is 2.70. The number of aliphatic imine (C=N–C) groups is 1. The molecule has 0 saturated heterocycles. The maximum atomic E-state index is 12.2. The Morgan fingerprint density at radius 2 is 2.00 bits per heavy atom. The zero-order valence-electron chi connectivity index (χ0n) is 12.6. The monoisotopic (exact) mass is 434 g/mol. The third kappa shape index (κ3) is 9.87. The van der Waals surface area contributed by atoms with Gasteiger partial charge in [-0.1, -0.05) is 0 Å². The lowest BCUT2D eigenvalue weighted by Gasteiger charge is -2.19. The van der Waals surface area contributed by atoms with E-state index in [4.69, 9.17) is 4.42 Å². The number of nitrogens with one attached hydrogen (secondary N) is 2. The van der Waals surface area contributed by atoms with Crippen molar-refractivity contribution in [3.05, 3.63) is 24.2 Å². The van der Waals surface area contributed by atoms with Crippen molar-refractivity contribution in [2.45, 2.75) is 12.6 Å². The van der Waals surface area contributed by atoms with Crippen molar-refractivity contribution >= 4 is 29.9 Å². The molecule has 128 valence electrons. The number of likely N-dealkylation sites (N-methyl/N-ethyl adjacent to an activating group) is 1. The van der Waals surface area contributed by atoms with E-state index in [1.165, 1.54) is 11.9 Å². The van der Waals surface area contributed by atoms with Gasteiger partial charge in [0.1, 0.15) is 5.76 Å². The van der Waals surface area contributed by atoms with Crippen molar-refractivity contribution in [2.24, 2.45) is 4.99 Å². The molecule has 0 unspecified atom stereocenters. The second kappa shape index (κ2) is 10.7. The van der Waals surface area contributed by atoms with Crippen LogP contribution in [-0.4, -0.2) is 57.3 Å². The molecule has 1 heterocycles. The summed E-state index contributed by atoms with van der Waals surface area (Å²) in [6.07, 6.45) is -1.85. The number of halogens is 4. The Labute approximate surface area is 145 Å². The molecule has 1 aromatic heterocycles. The Hall–Kier alpha value is -0.970. The molecule has 0 atom stereocenters. The van der Waals surface area contributed by atoms with Crippen LogP contribution < -0.4 is 10.6 Å². The van der Waals surface area contributed by atoms with E-state index in [1.807, 2.05) is 12.1 Å². The van der Waals surface area contributed by atoms with Crippen molar-refractivity contribution in [2.75, 3.05) is 40.3 Å². The van der Waals surface area contributed by atoms with Gasteiger partial charge in [0.15, 0.2) is 5.96 Å². The van der Waals surface area contributed by atoms with E-state index in [9.17, 15) is 13.2 Å². The molecule has 0 aliphatic rings. The predicted molar refractivity (Wildman–Crippen MR) is 90.7 cm³/mol. The summed E-state index contributed by atoms with van der Waals surface area (Å²) in [6.45, 7) is 0.371. The standard InChI is InChI=1S/C13H21F3N4O.HI/c1-17-12(18-6-5-11-4-3-9-21-11)19-7-8-20(2)10-13(14,15)16;/h3-4,9H,5-8,10H2,1-2H3,(H2,17,18,19);1H. The van der Waals surface area contributed by atoms with Gasteiger partial charge in [-0.3, -0.25) is 9.89 Å². The second-order valence-electron chi connectivity index (χ2n) is 4.61. The molecule has 0 fully saturated rings. The summed E-state index contributed by atoms with van der Waals surface area (Å²) in [5.41, 5.74) is 0. The van der Waals surface area contributed by atoms with E-state index in [0.717, 1.165) is 5.76 Å². The van der Waals surface area contributed by atoms with Crippen LogP contribution in [0.1, 0.15) is 5.76 Å². The summed E-state index contributed by atoms with van der Waals surface area (Å²) < 4.78 is 41.7. The average molecular weight is 434 g/mol. The van der Waals surface area contributed by atoms with Gasteiger partial charge in [0.05, 0.1) is 12.8 Å².